The van der Waals surface area contributed by atoms with E-state index < -0.39 is 5.66 Å². The maximum absolute atomic E-state index is 13.5. The molecule has 0 bridgehead atoms. The predicted molar refractivity (Wildman–Crippen MR) is 101 cm³/mol. The van der Waals surface area contributed by atoms with E-state index in [1.54, 1.807) is 46.5 Å². The van der Waals surface area contributed by atoms with Crippen LogP contribution in [-0.4, -0.2) is 39.3 Å². The third-order valence-electron chi connectivity index (χ3n) is 5.75. The summed E-state index contributed by atoms with van der Waals surface area (Å²) in [7, 11) is 0. The highest BCUT2D eigenvalue weighted by Crippen LogP contribution is 2.48. The van der Waals surface area contributed by atoms with Crippen molar-refractivity contribution in [1.82, 2.24) is 15.2 Å². The van der Waals surface area contributed by atoms with Gasteiger partial charge in [0.25, 0.3) is 11.8 Å². The van der Waals surface area contributed by atoms with Crippen molar-refractivity contribution < 1.29 is 14.4 Å². The monoisotopic (exact) mass is 376 g/mol. The summed E-state index contributed by atoms with van der Waals surface area (Å²) in [5.74, 6) is -0.598. The summed E-state index contributed by atoms with van der Waals surface area (Å²) in [4.78, 5) is 47.0. The fourth-order valence-electron chi connectivity index (χ4n) is 4.37. The van der Waals surface area contributed by atoms with Gasteiger partial charge in [0.05, 0.1) is 11.3 Å². The number of hydrogen-bond donors (Lipinski definition) is 1. The van der Waals surface area contributed by atoms with Gasteiger partial charge < -0.3 is 10.2 Å². The predicted octanol–water partition coefficient (Wildman–Crippen LogP) is 1.84. The van der Waals surface area contributed by atoms with Crippen LogP contribution >= 0.6 is 0 Å². The number of nitrogens with zero attached hydrogens (tertiary/aromatic N) is 3. The molecule has 5 rings (SSSR count). The maximum atomic E-state index is 13.5. The SMILES string of the molecule is O=C1CCC2(C(=O)NCc3cccnc3)N1c1ccccc1C(=O)N2C1CC1. The summed E-state index contributed by atoms with van der Waals surface area (Å²) >= 11 is 0. The van der Waals surface area contributed by atoms with Gasteiger partial charge in [-0.1, -0.05) is 18.2 Å². The Kier molecular flexibility index (Phi) is 3.72. The first-order valence-electron chi connectivity index (χ1n) is 9.56. The van der Waals surface area contributed by atoms with Gasteiger partial charge in [0.15, 0.2) is 0 Å². The molecule has 2 aliphatic heterocycles. The van der Waals surface area contributed by atoms with Crippen molar-refractivity contribution in [3.63, 3.8) is 0 Å². The minimum atomic E-state index is -1.29. The Labute approximate surface area is 162 Å². The number of hydrogen-bond acceptors (Lipinski definition) is 4. The molecule has 0 spiro atoms. The third-order valence-corrected chi connectivity index (χ3v) is 5.75. The largest absolute Gasteiger partial charge is 0.348 e. The van der Waals surface area contributed by atoms with E-state index in [9.17, 15) is 14.4 Å². The standard InChI is InChI=1S/C21H20N4O3/c26-18-9-10-21(20(28)23-13-14-4-3-11-22-12-14)24(15-7-8-15)19(27)16-5-1-2-6-17(16)25(18)21/h1-6,11-12,15H,7-10,13H2,(H,23,28). The molecule has 1 saturated heterocycles. The zero-order chi connectivity index (χ0) is 19.3. The Morgan fingerprint density at radius 3 is 2.75 bits per heavy atom. The summed E-state index contributed by atoms with van der Waals surface area (Å²) in [6.45, 7) is 0.296. The lowest BCUT2D eigenvalue weighted by Gasteiger charge is -2.49. The summed E-state index contributed by atoms with van der Waals surface area (Å²) < 4.78 is 0. The zero-order valence-electron chi connectivity index (χ0n) is 15.3. The molecule has 7 heteroatoms. The van der Waals surface area contributed by atoms with Crippen molar-refractivity contribution in [3.8, 4) is 0 Å². The van der Waals surface area contributed by atoms with Crippen LogP contribution in [0.4, 0.5) is 5.69 Å². The topological polar surface area (TPSA) is 82.6 Å². The molecule has 3 heterocycles. The number of para-hydroxylation sites is 1. The third kappa shape index (κ3) is 2.35. The lowest BCUT2D eigenvalue weighted by atomic mass is 9.95. The molecule has 1 unspecified atom stereocenters. The van der Waals surface area contributed by atoms with Crippen molar-refractivity contribution in [2.45, 2.75) is 43.9 Å². The van der Waals surface area contributed by atoms with Crippen molar-refractivity contribution in [2.24, 2.45) is 0 Å². The first-order chi connectivity index (χ1) is 13.6. The number of carbonyl (C=O) groups is 3. The van der Waals surface area contributed by atoms with Crippen LogP contribution in [-0.2, 0) is 16.1 Å². The maximum Gasteiger partial charge on any atom is 0.267 e. The lowest BCUT2D eigenvalue weighted by molar-refractivity contribution is -0.134. The number of benzene rings is 1. The average molecular weight is 376 g/mol. The van der Waals surface area contributed by atoms with Crippen LogP contribution in [0.3, 0.4) is 0 Å². The second kappa shape index (κ2) is 6.15. The summed E-state index contributed by atoms with van der Waals surface area (Å²) in [5.41, 5.74) is 0.596. The Bertz CT molecular complexity index is 973. The van der Waals surface area contributed by atoms with Gasteiger partial charge in [-0.2, -0.15) is 0 Å². The Balaban J connectivity index is 1.57. The van der Waals surface area contributed by atoms with Crippen molar-refractivity contribution in [2.75, 3.05) is 4.90 Å². The minimum Gasteiger partial charge on any atom is -0.348 e. The second-order valence-electron chi connectivity index (χ2n) is 7.51. The number of pyridine rings is 1. The van der Waals surface area contributed by atoms with Crippen LogP contribution in [0.25, 0.3) is 0 Å². The van der Waals surface area contributed by atoms with Crippen molar-refractivity contribution in [1.29, 1.82) is 0 Å². The van der Waals surface area contributed by atoms with Crippen molar-refractivity contribution in [3.05, 3.63) is 59.9 Å². The molecule has 2 aromatic rings. The Hall–Kier alpha value is -3.22. The molecule has 1 aliphatic carbocycles. The van der Waals surface area contributed by atoms with Gasteiger partial charge in [0.1, 0.15) is 0 Å². The summed E-state index contributed by atoms with van der Waals surface area (Å²) in [5, 5.41) is 2.95. The van der Waals surface area contributed by atoms with Crippen LogP contribution in [0.1, 0.15) is 41.6 Å². The number of anilines is 1. The number of amides is 3. The normalized spacial score (nSPS) is 23.4. The number of fused-ring (bicyclic) bond motifs is 3. The molecule has 1 saturated carbocycles. The molecule has 142 valence electrons. The van der Waals surface area contributed by atoms with Gasteiger partial charge in [-0.3, -0.25) is 24.3 Å². The highest BCUT2D eigenvalue weighted by molar-refractivity contribution is 6.16. The zero-order valence-corrected chi connectivity index (χ0v) is 15.3. The van der Waals surface area contributed by atoms with Gasteiger partial charge in [-0.05, 0) is 36.6 Å². The molecule has 3 amide bonds. The van der Waals surface area contributed by atoms with E-state index in [0.29, 0.717) is 24.2 Å². The lowest BCUT2D eigenvalue weighted by Crippen LogP contribution is -2.71. The fourth-order valence-corrected chi connectivity index (χ4v) is 4.37. The Morgan fingerprint density at radius 2 is 2.00 bits per heavy atom. The van der Waals surface area contributed by atoms with E-state index in [-0.39, 0.29) is 30.2 Å². The molecule has 2 fully saturated rings. The van der Waals surface area contributed by atoms with Gasteiger partial charge in [0.2, 0.25) is 11.6 Å². The number of nitrogens with one attached hydrogen (secondary N) is 1. The molecule has 0 radical (unpaired) electrons. The highest BCUT2D eigenvalue weighted by atomic mass is 16.2. The average Bonchev–Trinajstić information content (AvgIpc) is 3.49. The van der Waals surface area contributed by atoms with E-state index in [0.717, 1.165) is 18.4 Å². The molecule has 1 aromatic heterocycles. The molecule has 7 nitrogen and oxygen atoms in total. The van der Waals surface area contributed by atoms with E-state index in [2.05, 4.69) is 10.3 Å². The van der Waals surface area contributed by atoms with Gasteiger partial charge in [-0.15, -0.1) is 0 Å². The first-order valence-corrected chi connectivity index (χ1v) is 9.56. The summed E-state index contributed by atoms with van der Waals surface area (Å²) in [6.07, 6.45) is 5.62. The van der Waals surface area contributed by atoms with Gasteiger partial charge in [0, 0.05) is 37.8 Å². The minimum absolute atomic E-state index is 0.00148. The molecule has 28 heavy (non-hydrogen) atoms. The smallest absolute Gasteiger partial charge is 0.267 e. The van der Waals surface area contributed by atoms with Crippen LogP contribution in [0, 0.1) is 0 Å². The fraction of sp³-hybridized carbons (Fsp3) is 0.333. The second-order valence-corrected chi connectivity index (χ2v) is 7.51. The van der Waals surface area contributed by atoms with E-state index in [4.69, 9.17) is 0 Å². The molecule has 1 atom stereocenters. The van der Waals surface area contributed by atoms with Gasteiger partial charge in [-0.25, -0.2) is 0 Å². The first kappa shape index (κ1) is 16.9. The van der Waals surface area contributed by atoms with Crippen molar-refractivity contribution >= 4 is 23.4 Å². The molecule has 1 aromatic carbocycles. The number of aromatic nitrogens is 1. The molecule has 1 N–H and O–H groups in total. The summed E-state index contributed by atoms with van der Waals surface area (Å²) in [6, 6.07) is 10.8. The van der Waals surface area contributed by atoms with Crippen LogP contribution in [0.15, 0.2) is 48.8 Å². The number of rotatable bonds is 4. The van der Waals surface area contributed by atoms with Crippen LogP contribution in [0.2, 0.25) is 0 Å². The molecular formula is C21H20N4O3. The van der Waals surface area contributed by atoms with Gasteiger partial charge >= 0.3 is 0 Å². The quantitative estimate of drug-likeness (QED) is 0.883. The molecular weight excluding hydrogens is 356 g/mol. The highest BCUT2D eigenvalue weighted by Gasteiger charge is 2.63. The Morgan fingerprint density at radius 1 is 1.18 bits per heavy atom. The molecule has 3 aliphatic rings. The van der Waals surface area contributed by atoms with E-state index in [1.807, 2.05) is 12.1 Å². The van der Waals surface area contributed by atoms with Crippen LogP contribution in [0.5, 0.6) is 0 Å². The number of carbonyl (C=O) groups excluding carboxylic acids is 3. The van der Waals surface area contributed by atoms with E-state index in [1.165, 1.54) is 0 Å². The van der Waals surface area contributed by atoms with Crippen LogP contribution < -0.4 is 10.2 Å². The van der Waals surface area contributed by atoms with E-state index >= 15 is 0 Å².